The molecule has 2 atom stereocenters. The third-order valence-corrected chi connectivity index (χ3v) is 6.00. The van der Waals surface area contributed by atoms with Crippen LogP contribution in [0.1, 0.15) is 38.5 Å². The maximum absolute atomic E-state index is 13.8. The largest absolute Gasteiger partial charge is 0.483 e. The summed E-state index contributed by atoms with van der Waals surface area (Å²) in [6.07, 6.45) is -1.40. The Morgan fingerprint density at radius 3 is 2.09 bits per heavy atom. The van der Waals surface area contributed by atoms with Gasteiger partial charge in [0.05, 0.1) is 16.8 Å². The van der Waals surface area contributed by atoms with Crippen molar-refractivity contribution >= 4 is 11.4 Å². The second-order valence-electron chi connectivity index (χ2n) is 7.79. The average molecular weight is 326 g/mol. The summed E-state index contributed by atoms with van der Waals surface area (Å²) in [4.78, 5) is 0. The Morgan fingerprint density at radius 1 is 1.00 bits per heavy atom. The molecule has 0 radical (unpaired) electrons. The van der Waals surface area contributed by atoms with E-state index in [0.717, 1.165) is 6.42 Å². The van der Waals surface area contributed by atoms with Crippen molar-refractivity contribution in [3.63, 3.8) is 0 Å². The Labute approximate surface area is 133 Å². The van der Waals surface area contributed by atoms with E-state index in [-0.39, 0.29) is 31.1 Å². The molecule has 126 valence electrons. The summed E-state index contributed by atoms with van der Waals surface area (Å²) in [7, 11) is 0. The number of hydrogen-bond donors (Lipinski definition) is 2. The molecule has 1 aromatic rings. The van der Waals surface area contributed by atoms with Crippen molar-refractivity contribution in [1.29, 1.82) is 0 Å². The van der Waals surface area contributed by atoms with Gasteiger partial charge in [0.1, 0.15) is 5.60 Å². The van der Waals surface area contributed by atoms with E-state index in [4.69, 9.17) is 16.2 Å². The molecule has 6 heteroatoms. The second kappa shape index (κ2) is 4.48. The van der Waals surface area contributed by atoms with Crippen LogP contribution >= 0.6 is 0 Å². The highest BCUT2D eigenvalue weighted by molar-refractivity contribution is 5.67. The summed E-state index contributed by atoms with van der Waals surface area (Å²) in [5.41, 5.74) is 10.3. The van der Waals surface area contributed by atoms with Crippen LogP contribution in [0.15, 0.2) is 18.2 Å². The van der Waals surface area contributed by atoms with Crippen molar-refractivity contribution in [3.05, 3.63) is 18.2 Å². The fourth-order valence-electron chi connectivity index (χ4n) is 5.54. The molecule has 4 N–H and O–H groups in total. The molecule has 4 fully saturated rings. The van der Waals surface area contributed by atoms with Gasteiger partial charge in [-0.1, -0.05) is 6.07 Å². The van der Waals surface area contributed by atoms with E-state index in [1.54, 1.807) is 18.2 Å². The molecule has 4 aliphatic carbocycles. The number of ether oxygens (including phenoxy) is 1. The van der Waals surface area contributed by atoms with Gasteiger partial charge in [-0.05, 0) is 56.1 Å². The number of anilines is 2. The van der Waals surface area contributed by atoms with Crippen LogP contribution < -0.4 is 16.2 Å². The lowest BCUT2D eigenvalue weighted by molar-refractivity contribution is -0.293. The van der Waals surface area contributed by atoms with E-state index in [9.17, 15) is 13.2 Å². The van der Waals surface area contributed by atoms with Crippen LogP contribution in [0.5, 0.6) is 5.75 Å². The molecule has 0 aliphatic heterocycles. The van der Waals surface area contributed by atoms with Crippen LogP contribution in [0.2, 0.25) is 0 Å². The Morgan fingerprint density at radius 2 is 1.57 bits per heavy atom. The third-order valence-electron chi connectivity index (χ3n) is 6.00. The average Bonchev–Trinajstić information content (AvgIpc) is 2.40. The Bertz CT molecular complexity index is 609. The lowest BCUT2D eigenvalue weighted by Gasteiger charge is -2.61. The molecule has 4 bridgehead atoms. The van der Waals surface area contributed by atoms with Crippen LogP contribution in [0, 0.1) is 17.3 Å². The van der Waals surface area contributed by atoms with E-state index >= 15 is 0 Å². The molecule has 5 rings (SSSR count). The molecule has 4 aliphatic rings. The minimum absolute atomic E-state index is 0.0320. The summed E-state index contributed by atoms with van der Waals surface area (Å²) in [5.74, 6) is 0.528. The molecule has 23 heavy (non-hydrogen) atoms. The number of benzene rings is 1. The number of para-hydroxylation sites is 1. The molecule has 3 nitrogen and oxygen atoms in total. The van der Waals surface area contributed by atoms with Crippen LogP contribution in [0.4, 0.5) is 24.5 Å². The predicted octanol–water partition coefficient (Wildman–Crippen LogP) is 4.13. The van der Waals surface area contributed by atoms with Gasteiger partial charge in [-0.3, -0.25) is 0 Å². The first-order chi connectivity index (χ1) is 10.7. The lowest BCUT2D eigenvalue weighted by atomic mass is 9.47. The number of nitrogens with two attached hydrogens (primary N) is 2. The maximum Gasteiger partial charge on any atom is 0.394 e. The fraction of sp³-hybridized carbons (Fsp3) is 0.647. The third kappa shape index (κ3) is 2.17. The van der Waals surface area contributed by atoms with Crippen molar-refractivity contribution < 1.29 is 17.9 Å². The quantitative estimate of drug-likeness (QED) is 0.803. The highest BCUT2D eigenvalue weighted by Gasteiger charge is 2.68. The van der Waals surface area contributed by atoms with E-state index in [1.165, 1.54) is 0 Å². The number of alkyl halides is 3. The van der Waals surface area contributed by atoms with Gasteiger partial charge < -0.3 is 16.2 Å². The SMILES string of the molecule is Nc1cccc(N)c1OC12CC3CC(C1)CC(C(F)(F)F)(C3)C2. The summed E-state index contributed by atoms with van der Waals surface area (Å²) in [6, 6.07) is 5.06. The van der Waals surface area contributed by atoms with Gasteiger partial charge in [-0.15, -0.1) is 0 Å². The lowest BCUT2D eigenvalue weighted by Crippen LogP contribution is -2.62. The minimum Gasteiger partial charge on any atom is -0.483 e. The first-order valence-electron chi connectivity index (χ1n) is 8.12. The van der Waals surface area contributed by atoms with Gasteiger partial charge in [0, 0.05) is 6.42 Å². The predicted molar refractivity (Wildman–Crippen MR) is 81.8 cm³/mol. The highest BCUT2D eigenvalue weighted by Crippen LogP contribution is 2.67. The molecule has 0 spiro atoms. The molecule has 4 saturated carbocycles. The van der Waals surface area contributed by atoms with Gasteiger partial charge in [-0.2, -0.15) is 13.2 Å². The Hall–Kier alpha value is -1.59. The van der Waals surface area contributed by atoms with Gasteiger partial charge in [0.2, 0.25) is 0 Å². The zero-order valence-corrected chi connectivity index (χ0v) is 12.8. The van der Waals surface area contributed by atoms with Crippen molar-refractivity contribution in [2.45, 2.75) is 50.3 Å². The van der Waals surface area contributed by atoms with Gasteiger partial charge >= 0.3 is 6.18 Å². The minimum atomic E-state index is -4.17. The Balaban J connectivity index is 1.71. The summed E-state index contributed by atoms with van der Waals surface area (Å²) >= 11 is 0. The normalized spacial score (nSPS) is 38.7. The summed E-state index contributed by atoms with van der Waals surface area (Å²) in [6.45, 7) is 0. The van der Waals surface area contributed by atoms with E-state index in [0.29, 0.717) is 30.0 Å². The topological polar surface area (TPSA) is 61.3 Å². The zero-order chi connectivity index (χ0) is 16.5. The molecule has 1 aromatic carbocycles. The molecule has 0 heterocycles. The van der Waals surface area contributed by atoms with Crippen LogP contribution in [-0.2, 0) is 0 Å². The van der Waals surface area contributed by atoms with E-state index in [1.807, 2.05) is 0 Å². The summed E-state index contributed by atoms with van der Waals surface area (Å²) < 4.78 is 47.4. The highest BCUT2D eigenvalue weighted by atomic mass is 19.4. The molecule has 0 aromatic heterocycles. The number of rotatable bonds is 2. The van der Waals surface area contributed by atoms with Crippen molar-refractivity contribution in [2.24, 2.45) is 17.3 Å². The standard InChI is InChI=1S/C17H21F3N2O/c18-17(19,20)15-5-10-4-11(6-15)8-16(7-10,9-15)23-14-12(21)2-1-3-13(14)22/h1-3,10-11H,4-9,21-22H2. The van der Waals surface area contributed by atoms with Crippen molar-refractivity contribution in [2.75, 3.05) is 11.5 Å². The van der Waals surface area contributed by atoms with E-state index in [2.05, 4.69) is 0 Å². The summed E-state index contributed by atoms with van der Waals surface area (Å²) in [5, 5.41) is 0. The van der Waals surface area contributed by atoms with Gasteiger partial charge in [0.25, 0.3) is 0 Å². The fourth-order valence-corrected chi connectivity index (χ4v) is 5.54. The first kappa shape index (κ1) is 15.0. The van der Waals surface area contributed by atoms with Gasteiger partial charge in [-0.25, -0.2) is 0 Å². The second-order valence-corrected chi connectivity index (χ2v) is 7.79. The van der Waals surface area contributed by atoms with Crippen molar-refractivity contribution in [1.82, 2.24) is 0 Å². The molecule has 2 unspecified atom stereocenters. The Kier molecular flexibility index (Phi) is 2.92. The molecular weight excluding hydrogens is 305 g/mol. The smallest absolute Gasteiger partial charge is 0.394 e. The van der Waals surface area contributed by atoms with Crippen LogP contribution in [-0.4, -0.2) is 11.8 Å². The number of nitrogen functional groups attached to an aromatic ring is 2. The van der Waals surface area contributed by atoms with Crippen LogP contribution in [0.3, 0.4) is 0 Å². The maximum atomic E-state index is 13.8. The van der Waals surface area contributed by atoms with Crippen molar-refractivity contribution in [3.8, 4) is 5.75 Å². The molecule has 0 saturated heterocycles. The number of halogens is 3. The first-order valence-corrected chi connectivity index (χ1v) is 8.12. The van der Waals surface area contributed by atoms with E-state index < -0.39 is 17.2 Å². The number of hydrogen-bond acceptors (Lipinski definition) is 3. The van der Waals surface area contributed by atoms with Crippen LogP contribution in [0.25, 0.3) is 0 Å². The van der Waals surface area contributed by atoms with Gasteiger partial charge in [0.15, 0.2) is 5.75 Å². The molecular formula is C17H21F3N2O. The monoisotopic (exact) mass is 326 g/mol. The zero-order valence-electron chi connectivity index (χ0n) is 12.8. The molecule has 0 amide bonds.